The zero-order valence-corrected chi connectivity index (χ0v) is 7.37. The summed E-state index contributed by atoms with van der Waals surface area (Å²) in [5.74, 6) is 0. The van der Waals surface area contributed by atoms with Gasteiger partial charge in [0.05, 0.1) is 0 Å². The van der Waals surface area contributed by atoms with Crippen LogP contribution in [-0.2, 0) is 0 Å². The molecule has 0 radical (unpaired) electrons. The van der Waals surface area contributed by atoms with Crippen LogP contribution in [0.2, 0.25) is 0 Å². The summed E-state index contributed by atoms with van der Waals surface area (Å²) in [4.78, 5) is 3.82. The lowest BCUT2D eigenvalue weighted by molar-refractivity contribution is -0.0912. The molecule has 0 bridgehead atoms. The minimum atomic E-state index is -4.23. The SMILES string of the molecule is CCN=C(C)/C=C(\C)C(F)(F)F. The van der Waals surface area contributed by atoms with Crippen molar-refractivity contribution in [2.45, 2.75) is 26.9 Å². The largest absolute Gasteiger partial charge is 0.412 e. The molecule has 0 atom stereocenters. The number of nitrogens with zero attached hydrogens (tertiary/aromatic N) is 1. The minimum Gasteiger partial charge on any atom is -0.290 e. The Bertz CT molecular complexity index is 201. The van der Waals surface area contributed by atoms with Crippen molar-refractivity contribution in [3.63, 3.8) is 0 Å². The summed E-state index contributed by atoms with van der Waals surface area (Å²) in [6, 6.07) is 0. The number of hydrogen-bond donors (Lipinski definition) is 0. The molecule has 0 aromatic carbocycles. The van der Waals surface area contributed by atoms with Crippen LogP contribution in [0.15, 0.2) is 16.6 Å². The number of rotatable bonds is 2. The van der Waals surface area contributed by atoms with Crippen molar-refractivity contribution in [1.29, 1.82) is 0 Å². The summed E-state index contributed by atoms with van der Waals surface area (Å²) < 4.78 is 35.8. The Morgan fingerprint density at radius 1 is 1.33 bits per heavy atom. The van der Waals surface area contributed by atoms with Gasteiger partial charge in [-0.3, -0.25) is 4.99 Å². The van der Waals surface area contributed by atoms with Gasteiger partial charge in [-0.1, -0.05) is 0 Å². The summed E-state index contributed by atoms with van der Waals surface area (Å²) >= 11 is 0. The van der Waals surface area contributed by atoms with E-state index in [2.05, 4.69) is 4.99 Å². The molecule has 0 saturated heterocycles. The van der Waals surface area contributed by atoms with E-state index in [4.69, 9.17) is 0 Å². The quantitative estimate of drug-likeness (QED) is 0.578. The molecule has 0 spiro atoms. The average molecular weight is 179 g/mol. The van der Waals surface area contributed by atoms with Gasteiger partial charge in [-0.2, -0.15) is 13.2 Å². The Balaban J connectivity index is 4.47. The standard InChI is InChI=1S/C8H12F3N/c1-4-12-7(3)5-6(2)8(9,10)11/h5H,4H2,1-3H3/b6-5+,12-7?. The van der Waals surface area contributed by atoms with Crippen LogP contribution in [0.1, 0.15) is 20.8 Å². The summed E-state index contributed by atoms with van der Waals surface area (Å²) in [6.07, 6.45) is -3.19. The third-order valence-electron chi connectivity index (χ3n) is 1.28. The fraction of sp³-hybridized carbons (Fsp3) is 0.625. The van der Waals surface area contributed by atoms with E-state index in [1.165, 1.54) is 0 Å². The molecular formula is C8H12F3N. The number of alkyl halides is 3. The Kier molecular flexibility index (Phi) is 4.00. The molecule has 0 saturated carbocycles. The summed E-state index contributed by atoms with van der Waals surface area (Å²) in [7, 11) is 0. The monoisotopic (exact) mass is 179 g/mol. The number of aliphatic imine (C=N–C) groups is 1. The van der Waals surface area contributed by atoms with E-state index < -0.39 is 11.7 Å². The van der Waals surface area contributed by atoms with E-state index >= 15 is 0 Å². The first-order chi connectivity index (χ1) is 5.38. The van der Waals surface area contributed by atoms with Gasteiger partial charge >= 0.3 is 6.18 Å². The highest BCUT2D eigenvalue weighted by molar-refractivity contribution is 5.93. The Morgan fingerprint density at radius 2 is 1.83 bits per heavy atom. The van der Waals surface area contributed by atoms with Gasteiger partial charge in [0, 0.05) is 17.8 Å². The maximum absolute atomic E-state index is 11.9. The van der Waals surface area contributed by atoms with Crippen molar-refractivity contribution in [3.8, 4) is 0 Å². The molecule has 4 heteroatoms. The molecule has 0 heterocycles. The third-order valence-corrected chi connectivity index (χ3v) is 1.28. The number of halogens is 3. The summed E-state index contributed by atoms with van der Waals surface area (Å²) in [5.41, 5.74) is -0.204. The second-order valence-corrected chi connectivity index (χ2v) is 2.44. The van der Waals surface area contributed by atoms with Gasteiger partial charge < -0.3 is 0 Å². The molecule has 0 aliphatic carbocycles. The van der Waals surface area contributed by atoms with Crippen molar-refractivity contribution in [3.05, 3.63) is 11.6 Å². The second-order valence-electron chi connectivity index (χ2n) is 2.44. The highest BCUT2D eigenvalue weighted by atomic mass is 19.4. The average Bonchev–Trinajstić information content (AvgIpc) is 1.85. The van der Waals surface area contributed by atoms with Crippen LogP contribution in [0.25, 0.3) is 0 Å². The molecule has 0 unspecified atom stereocenters. The molecule has 0 amide bonds. The van der Waals surface area contributed by atoms with Crippen molar-refractivity contribution in [2.75, 3.05) is 6.54 Å². The van der Waals surface area contributed by atoms with Crippen molar-refractivity contribution >= 4 is 5.71 Å². The number of allylic oxidation sites excluding steroid dienone is 2. The van der Waals surface area contributed by atoms with Gasteiger partial charge in [0.25, 0.3) is 0 Å². The van der Waals surface area contributed by atoms with Gasteiger partial charge in [-0.15, -0.1) is 0 Å². The van der Waals surface area contributed by atoms with Gasteiger partial charge in [0.1, 0.15) is 0 Å². The van der Waals surface area contributed by atoms with Gasteiger partial charge in [0.2, 0.25) is 0 Å². The Labute approximate surface area is 70.0 Å². The van der Waals surface area contributed by atoms with E-state index in [1.54, 1.807) is 13.8 Å². The van der Waals surface area contributed by atoms with E-state index in [-0.39, 0.29) is 0 Å². The first kappa shape index (κ1) is 11.2. The highest BCUT2D eigenvalue weighted by Crippen LogP contribution is 2.24. The van der Waals surface area contributed by atoms with Gasteiger partial charge in [-0.25, -0.2) is 0 Å². The zero-order valence-electron chi connectivity index (χ0n) is 7.37. The predicted octanol–water partition coefficient (Wildman–Crippen LogP) is 2.98. The maximum Gasteiger partial charge on any atom is 0.412 e. The topological polar surface area (TPSA) is 12.4 Å². The lowest BCUT2D eigenvalue weighted by atomic mass is 10.2. The molecule has 0 aliphatic heterocycles. The molecule has 0 aromatic heterocycles. The van der Waals surface area contributed by atoms with Crippen LogP contribution in [0.3, 0.4) is 0 Å². The first-order valence-electron chi connectivity index (χ1n) is 3.64. The molecule has 0 fully saturated rings. The highest BCUT2D eigenvalue weighted by Gasteiger charge is 2.29. The second kappa shape index (κ2) is 4.28. The van der Waals surface area contributed by atoms with Crippen LogP contribution in [0.4, 0.5) is 13.2 Å². The third kappa shape index (κ3) is 4.16. The lowest BCUT2D eigenvalue weighted by Crippen LogP contribution is -2.10. The normalized spacial score (nSPS) is 15.2. The number of hydrogen-bond acceptors (Lipinski definition) is 1. The fourth-order valence-corrected chi connectivity index (χ4v) is 0.690. The Morgan fingerprint density at radius 3 is 2.17 bits per heavy atom. The summed E-state index contributed by atoms with van der Waals surface area (Å²) in [6.45, 7) is 4.88. The van der Waals surface area contributed by atoms with Gasteiger partial charge in [-0.05, 0) is 26.8 Å². The first-order valence-corrected chi connectivity index (χ1v) is 3.64. The molecule has 70 valence electrons. The minimum absolute atomic E-state index is 0.410. The molecule has 0 rings (SSSR count). The van der Waals surface area contributed by atoms with Crippen LogP contribution < -0.4 is 0 Å². The molecule has 0 aliphatic rings. The van der Waals surface area contributed by atoms with Crippen molar-refractivity contribution in [2.24, 2.45) is 4.99 Å². The summed E-state index contributed by atoms with van der Waals surface area (Å²) in [5, 5.41) is 0. The zero-order chi connectivity index (χ0) is 9.78. The molecular weight excluding hydrogens is 167 g/mol. The van der Waals surface area contributed by atoms with E-state index in [0.717, 1.165) is 13.0 Å². The van der Waals surface area contributed by atoms with E-state index in [0.29, 0.717) is 12.3 Å². The molecule has 0 aromatic rings. The van der Waals surface area contributed by atoms with Crippen LogP contribution in [0, 0.1) is 0 Å². The fourth-order valence-electron chi connectivity index (χ4n) is 0.690. The lowest BCUT2D eigenvalue weighted by Gasteiger charge is -2.05. The van der Waals surface area contributed by atoms with Crippen molar-refractivity contribution < 1.29 is 13.2 Å². The van der Waals surface area contributed by atoms with Crippen molar-refractivity contribution in [1.82, 2.24) is 0 Å². The van der Waals surface area contributed by atoms with E-state index in [1.807, 2.05) is 0 Å². The van der Waals surface area contributed by atoms with E-state index in [9.17, 15) is 13.2 Å². The molecule has 1 nitrogen and oxygen atoms in total. The van der Waals surface area contributed by atoms with Crippen LogP contribution in [-0.4, -0.2) is 18.4 Å². The predicted molar refractivity (Wildman–Crippen MR) is 43.5 cm³/mol. The van der Waals surface area contributed by atoms with Crippen LogP contribution in [0.5, 0.6) is 0 Å². The molecule has 12 heavy (non-hydrogen) atoms. The van der Waals surface area contributed by atoms with Gasteiger partial charge in [0.15, 0.2) is 0 Å². The van der Waals surface area contributed by atoms with Crippen LogP contribution >= 0.6 is 0 Å². The maximum atomic E-state index is 11.9. The Hall–Kier alpha value is -0.800. The smallest absolute Gasteiger partial charge is 0.290 e. The molecule has 0 N–H and O–H groups in total.